The number of rotatable bonds is 6. The van der Waals surface area contributed by atoms with Crippen LogP contribution in [0.2, 0.25) is 0 Å². The highest BCUT2D eigenvalue weighted by molar-refractivity contribution is 6.26. The molecule has 0 radical (unpaired) electrons. The van der Waals surface area contributed by atoms with E-state index >= 15 is 0 Å². The summed E-state index contributed by atoms with van der Waals surface area (Å²) in [6, 6.07) is 73.1. The molecule has 0 amide bonds. The zero-order valence-electron chi connectivity index (χ0n) is 30.4. The minimum Gasteiger partial charge on any atom is -0.309 e. The average molecular weight is 715 g/mol. The minimum atomic E-state index is 0.675. The van der Waals surface area contributed by atoms with E-state index in [1.165, 1.54) is 43.8 Å². The number of hydrogen-bond acceptors (Lipinski definition) is 2. The van der Waals surface area contributed by atoms with Crippen molar-refractivity contribution < 1.29 is 0 Å². The molecule has 0 saturated heterocycles. The van der Waals surface area contributed by atoms with Crippen molar-refractivity contribution in [1.82, 2.24) is 19.1 Å². The fourth-order valence-electron chi connectivity index (χ4n) is 8.33. The van der Waals surface area contributed by atoms with Gasteiger partial charge in [0.05, 0.1) is 27.8 Å². The lowest BCUT2D eigenvalue weighted by Gasteiger charge is -2.13. The van der Waals surface area contributed by atoms with Gasteiger partial charge in [-0.15, -0.1) is 0 Å². The third kappa shape index (κ3) is 5.23. The second-order valence-corrected chi connectivity index (χ2v) is 14.2. The fourth-order valence-corrected chi connectivity index (χ4v) is 8.33. The molecule has 4 nitrogen and oxygen atoms in total. The average Bonchev–Trinajstić information content (AvgIpc) is 3.80. The van der Waals surface area contributed by atoms with Crippen LogP contribution in [0.1, 0.15) is 0 Å². The summed E-state index contributed by atoms with van der Waals surface area (Å²) < 4.78 is 4.74. The molecule has 0 N–H and O–H groups in total. The summed E-state index contributed by atoms with van der Waals surface area (Å²) in [5.74, 6) is 1.49. The van der Waals surface area contributed by atoms with E-state index in [4.69, 9.17) is 9.97 Å². The summed E-state index contributed by atoms with van der Waals surface area (Å²) in [5, 5.41) is 4.76. The van der Waals surface area contributed by atoms with E-state index in [1.807, 2.05) is 6.07 Å². The van der Waals surface area contributed by atoms with Gasteiger partial charge in [-0.05, 0) is 52.6 Å². The monoisotopic (exact) mass is 714 g/mol. The number of nitrogens with zero attached hydrogens (tertiary/aromatic N) is 4. The van der Waals surface area contributed by atoms with Crippen molar-refractivity contribution >= 4 is 43.6 Å². The first-order valence-corrected chi connectivity index (χ1v) is 19.0. The number of aromatic nitrogens is 4. The molecule has 11 rings (SSSR count). The number of benzene rings is 8. The van der Waals surface area contributed by atoms with Gasteiger partial charge in [-0.2, -0.15) is 0 Å². The van der Waals surface area contributed by atoms with Crippen LogP contribution < -0.4 is 0 Å². The Balaban J connectivity index is 1.19. The van der Waals surface area contributed by atoms with Crippen LogP contribution in [-0.4, -0.2) is 19.1 Å². The predicted octanol–water partition coefficient (Wildman–Crippen LogP) is 13.3. The first-order chi connectivity index (χ1) is 27.8. The molecule has 4 heteroatoms. The molecule has 0 saturated carbocycles. The highest BCUT2D eigenvalue weighted by atomic mass is 15.1. The SMILES string of the molecule is c1ccc(-c2ccc(-c3cc(-n4c5ccccc5c5ccc6c(c7ccccc7n6-c6ccccc6)c54)nc(-c4ccc(-c5ccccc5)cc4)n3)cc2)cc1. The van der Waals surface area contributed by atoms with Gasteiger partial charge in [0.2, 0.25) is 0 Å². The van der Waals surface area contributed by atoms with E-state index in [9.17, 15) is 0 Å². The third-order valence-corrected chi connectivity index (χ3v) is 11.0. The lowest BCUT2D eigenvalue weighted by atomic mass is 10.0. The standard InChI is InChI=1S/C52H34N4/c1-4-14-35(15-5-1)37-24-28-39(29-25-37)45-34-49(54-52(53-45)40-30-26-38(27-31-40)36-16-6-2-7-17-36)56-46-22-12-10-20-42(46)43-32-33-48-50(51(43)56)44-21-11-13-23-47(44)55(48)41-18-8-3-9-19-41/h1-34H. The lowest BCUT2D eigenvalue weighted by molar-refractivity contribution is 1.05. The van der Waals surface area contributed by atoms with Crippen molar-refractivity contribution in [2.24, 2.45) is 0 Å². The summed E-state index contributed by atoms with van der Waals surface area (Å²) in [7, 11) is 0. The van der Waals surface area contributed by atoms with Crippen LogP contribution in [0, 0.1) is 0 Å². The van der Waals surface area contributed by atoms with Gasteiger partial charge < -0.3 is 4.57 Å². The molecule has 0 aliphatic carbocycles. The van der Waals surface area contributed by atoms with E-state index in [0.717, 1.165) is 50.4 Å². The molecule has 0 fully saturated rings. The Hall–Kier alpha value is -7.56. The molecule has 0 spiro atoms. The van der Waals surface area contributed by atoms with Crippen molar-refractivity contribution in [3.63, 3.8) is 0 Å². The summed E-state index contributed by atoms with van der Waals surface area (Å²) in [6.45, 7) is 0. The molecule has 56 heavy (non-hydrogen) atoms. The quantitative estimate of drug-likeness (QED) is 0.172. The maximum absolute atomic E-state index is 5.44. The predicted molar refractivity (Wildman–Crippen MR) is 232 cm³/mol. The van der Waals surface area contributed by atoms with Gasteiger partial charge in [0.25, 0.3) is 0 Å². The van der Waals surface area contributed by atoms with E-state index in [1.54, 1.807) is 0 Å². The molecule has 0 unspecified atom stereocenters. The minimum absolute atomic E-state index is 0.675. The van der Waals surface area contributed by atoms with E-state index in [2.05, 4.69) is 209 Å². The molecule has 0 aliphatic heterocycles. The Morgan fingerprint density at radius 3 is 1.46 bits per heavy atom. The largest absolute Gasteiger partial charge is 0.309 e. The smallest absolute Gasteiger partial charge is 0.162 e. The second kappa shape index (κ2) is 13.1. The van der Waals surface area contributed by atoms with E-state index < -0.39 is 0 Å². The second-order valence-electron chi connectivity index (χ2n) is 14.2. The van der Waals surface area contributed by atoms with Crippen molar-refractivity contribution in [2.75, 3.05) is 0 Å². The first kappa shape index (κ1) is 31.9. The van der Waals surface area contributed by atoms with Crippen molar-refractivity contribution in [3.8, 4) is 56.4 Å². The van der Waals surface area contributed by atoms with Gasteiger partial charge in [-0.3, -0.25) is 4.57 Å². The summed E-state index contributed by atoms with van der Waals surface area (Å²) in [5.41, 5.74) is 13.2. The normalized spacial score (nSPS) is 11.6. The van der Waals surface area contributed by atoms with E-state index in [0.29, 0.717) is 5.82 Å². The fraction of sp³-hybridized carbons (Fsp3) is 0. The van der Waals surface area contributed by atoms with Gasteiger partial charge in [-0.1, -0.05) is 170 Å². The van der Waals surface area contributed by atoms with Crippen LogP contribution in [0.5, 0.6) is 0 Å². The topological polar surface area (TPSA) is 35.6 Å². The van der Waals surface area contributed by atoms with Crippen LogP contribution in [-0.2, 0) is 0 Å². The summed E-state index contributed by atoms with van der Waals surface area (Å²) >= 11 is 0. The molecular formula is C52H34N4. The molecule has 3 heterocycles. The summed E-state index contributed by atoms with van der Waals surface area (Å²) in [6.07, 6.45) is 0. The van der Waals surface area contributed by atoms with Gasteiger partial charge in [0.15, 0.2) is 5.82 Å². The number of para-hydroxylation sites is 3. The Morgan fingerprint density at radius 2 is 0.821 bits per heavy atom. The van der Waals surface area contributed by atoms with Crippen LogP contribution in [0.15, 0.2) is 206 Å². The third-order valence-electron chi connectivity index (χ3n) is 11.0. The van der Waals surface area contributed by atoms with Crippen LogP contribution in [0.4, 0.5) is 0 Å². The highest BCUT2D eigenvalue weighted by Crippen LogP contribution is 2.42. The van der Waals surface area contributed by atoms with Crippen LogP contribution in [0.3, 0.4) is 0 Å². The maximum atomic E-state index is 5.44. The first-order valence-electron chi connectivity index (χ1n) is 19.0. The van der Waals surface area contributed by atoms with Gasteiger partial charge in [0.1, 0.15) is 5.82 Å². The van der Waals surface area contributed by atoms with Gasteiger partial charge in [0, 0.05) is 44.4 Å². The van der Waals surface area contributed by atoms with Crippen LogP contribution >= 0.6 is 0 Å². The van der Waals surface area contributed by atoms with E-state index in [-0.39, 0.29) is 0 Å². The molecule has 0 atom stereocenters. The highest BCUT2D eigenvalue weighted by Gasteiger charge is 2.22. The van der Waals surface area contributed by atoms with Gasteiger partial charge >= 0.3 is 0 Å². The zero-order valence-corrected chi connectivity index (χ0v) is 30.4. The Kier molecular flexibility index (Phi) is 7.46. The zero-order chi connectivity index (χ0) is 37.0. The lowest BCUT2D eigenvalue weighted by Crippen LogP contribution is -2.03. The number of hydrogen-bond donors (Lipinski definition) is 0. The maximum Gasteiger partial charge on any atom is 0.162 e. The molecule has 262 valence electrons. The summed E-state index contributed by atoms with van der Waals surface area (Å²) in [4.78, 5) is 10.7. The molecule has 0 bridgehead atoms. The van der Waals surface area contributed by atoms with Crippen molar-refractivity contribution in [2.45, 2.75) is 0 Å². The molecule has 0 aliphatic rings. The van der Waals surface area contributed by atoms with Gasteiger partial charge in [-0.25, -0.2) is 9.97 Å². The Bertz CT molecular complexity index is 3100. The molecule has 3 aromatic heterocycles. The van der Waals surface area contributed by atoms with Crippen molar-refractivity contribution in [3.05, 3.63) is 206 Å². The Morgan fingerprint density at radius 1 is 0.321 bits per heavy atom. The Labute approximate surface area is 324 Å². The molecular weight excluding hydrogens is 681 g/mol. The number of fused-ring (bicyclic) bond motifs is 7. The molecule has 11 aromatic rings. The van der Waals surface area contributed by atoms with Crippen LogP contribution in [0.25, 0.3) is 100 Å². The molecule has 8 aromatic carbocycles. The van der Waals surface area contributed by atoms with Crippen molar-refractivity contribution in [1.29, 1.82) is 0 Å².